The van der Waals surface area contributed by atoms with Crippen LogP contribution in [0.5, 0.6) is 0 Å². The topological polar surface area (TPSA) is 30.0 Å². The van der Waals surface area contributed by atoms with Gasteiger partial charge in [0, 0.05) is 20.8 Å². The molecule has 0 saturated heterocycles. The fourth-order valence-corrected chi connectivity index (χ4v) is 3.08. The lowest BCUT2D eigenvalue weighted by Gasteiger charge is -2.09. The summed E-state index contributed by atoms with van der Waals surface area (Å²) in [5.74, 6) is -0.0561. The number of hydrogen-bond donors (Lipinski definition) is 0. The zero-order chi connectivity index (χ0) is 15.8. The summed E-state index contributed by atoms with van der Waals surface area (Å²) in [6, 6.07) is 23.2. The molecular formula is C20H12BrNO. The highest BCUT2D eigenvalue weighted by Crippen LogP contribution is 2.27. The number of benzene rings is 3. The molecule has 3 aromatic carbocycles. The Kier molecular flexibility index (Phi) is 3.43. The monoisotopic (exact) mass is 361 g/mol. The lowest BCUT2D eigenvalue weighted by Crippen LogP contribution is -2.05. The molecule has 4 rings (SSSR count). The molecular weight excluding hydrogens is 350 g/mol. The fourth-order valence-electron chi connectivity index (χ4n) is 2.82. The first-order chi connectivity index (χ1) is 11.2. The van der Waals surface area contributed by atoms with Crippen molar-refractivity contribution in [1.29, 1.82) is 0 Å². The highest BCUT2D eigenvalue weighted by atomic mass is 79.9. The van der Waals surface area contributed by atoms with Crippen molar-refractivity contribution in [3.05, 3.63) is 88.5 Å². The number of pyridine rings is 1. The molecule has 0 bridgehead atoms. The summed E-state index contributed by atoms with van der Waals surface area (Å²) in [6.07, 6.45) is 0. The summed E-state index contributed by atoms with van der Waals surface area (Å²) in [6.45, 7) is 0. The first kappa shape index (κ1) is 14.1. The summed E-state index contributed by atoms with van der Waals surface area (Å²) >= 11 is 3.40. The van der Waals surface area contributed by atoms with Gasteiger partial charge in [0.05, 0.1) is 5.52 Å². The first-order valence-electron chi connectivity index (χ1n) is 7.32. The second-order valence-electron chi connectivity index (χ2n) is 5.36. The van der Waals surface area contributed by atoms with E-state index >= 15 is 0 Å². The van der Waals surface area contributed by atoms with Crippen molar-refractivity contribution in [2.45, 2.75) is 0 Å². The lowest BCUT2D eigenvalue weighted by atomic mass is 9.99. The van der Waals surface area contributed by atoms with E-state index in [0.717, 1.165) is 26.1 Å². The Morgan fingerprint density at radius 3 is 2.09 bits per heavy atom. The van der Waals surface area contributed by atoms with Gasteiger partial charge < -0.3 is 0 Å². The predicted molar refractivity (Wildman–Crippen MR) is 96.8 cm³/mol. The summed E-state index contributed by atoms with van der Waals surface area (Å²) in [5, 5.41) is 3.01. The van der Waals surface area contributed by atoms with Crippen LogP contribution in [0.2, 0.25) is 0 Å². The maximum absolute atomic E-state index is 12.9. The van der Waals surface area contributed by atoms with Crippen molar-refractivity contribution in [3.8, 4) is 0 Å². The van der Waals surface area contributed by atoms with Gasteiger partial charge >= 0.3 is 0 Å². The molecule has 23 heavy (non-hydrogen) atoms. The SMILES string of the molecule is O=C(c1ccc(Br)cc1)c1nc2ccccc2c2ccccc12. The van der Waals surface area contributed by atoms with Crippen LogP contribution in [0.25, 0.3) is 21.7 Å². The zero-order valence-electron chi connectivity index (χ0n) is 12.2. The van der Waals surface area contributed by atoms with Gasteiger partial charge in [-0.05, 0) is 35.7 Å². The van der Waals surface area contributed by atoms with Gasteiger partial charge in [0.1, 0.15) is 5.69 Å². The Labute approximate surface area is 141 Å². The van der Waals surface area contributed by atoms with Gasteiger partial charge in [-0.3, -0.25) is 4.79 Å². The van der Waals surface area contributed by atoms with Crippen molar-refractivity contribution in [2.75, 3.05) is 0 Å². The third kappa shape index (κ3) is 2.43. The zero-order valence-corrected chi connectivity index (χ0v) is 13.7. The molecule has 0 aliphatic carbocycles. The van der Waals surface area contributed by atoms with Crippen LogP contribution in [0.4, 0.5) is 0 Å². The van der Waals surface area contributed by atoms with Crippen molar-refractivity contribution in [3.63, 3.8) is 0 Å². The van der Waals surface area contributed by atoms with Gasteiger partial charge in [-0.1, -0.05) is 58.4 Å². The minimum atomic E-state index is -0.0561. The number of hydrogen-bond acceptors (Lipinski definition) is 2. The number of para-hydroxylation sites is 1. The molecule has 0 amide bonds. The van der Waals surface area contributed by atoms with Crippen LogP contribution in [-0.4, -0.2) is 10.8 Å². The number of rotatable bonds is 2. The van der Waals surface area contributed by atoms with E-state index in [1.54, 1.807) is 0 Å². The maximum Gasteiger partial charge on any atom is 0.212 e. The molecule has 0 radical (unpaired) electrons. The molecule has 0 N–H and O–H groups in total. The molecule has 1 heterocycles. The van der Waals surface area contributed by atoms with E-state index in [4.69, 9.17) is 0 Å². The fraction of sp³-hybridized carbons (Fsp3) is 0. The standard InChI is InChI=1S/C20H12BrNO/c21-14-11-9-13(10-12-14)20(23)19-17-7-2-1-5-15(17)16-6-3-4-8-18(16)22-19/h1-12H. The Hall–Kier alpha value is -2.52. The minimum absolute atomic E-state index is 0.0561. The predicted octanol–water partition coefficient (Wildman–Crippen LogP) is 5.38. The largest absolute Gasteiger partial charge is 0.287 e. The average Bonchev–Trinajstić information content (AvgIpc) is 2.61. The van der Waals surface area contributed by atoms with Gasteiger partial charge in [0.2, 0.25) is 5.78 Å². The number of aromatic nitrogens is 1. The van der Waals surface area contributed by atoms with E-state index in [0.29, 0.717) is 11.3 Å². The van der Waals surface area contributed by atoms with Crippen LogP contribution >= 0.6 is 15.9 Å². The van der Waals surface area contributed by atoms with Crippen molar-refractivity contribution in [1.82, 2.24) is 4.98 Å². The second-order valence-corrected chi connectivity index (χ2v) is 6.27. The number of halogens is 1. The lowest BCUT2D eigenvalue weighted by molar-refractivity contribution is 0.103. The van der Waals surface area contributed by atoms with Crippen LogP contribution in [0, 0.1) is 0 Å². The minimum Gasteiger partial charge on any atom is -0.287 e. The molecule has 0 aliphatic rings. The van der Waals surface area contributed by atoms with Crippen LogP contribution in [0.3, 0.4) is 0 Å². The Bertz CT molecular complexity index is 1040. The van der Waals surface area contributed by atoms with Crippen molar-refractivity contribution >= 4 is 43.4 Å². The Morgan fingerprint density at radius 1 is 0.739 bits per heavy atom. The van der Waals surface area contributed by atoms with E-state index in [9.17, 15) is 4.79 Å². The summed E-state index contributed by atoms with van der Waals surface area (Å²) in [4.78, 5) is 17.6. The molecule has 110 valence electrons. The molecule has 0 unspecified atom stereocenters. The normalized spacial score (nSPS) is 11.0. The molecule has 0 atom stereocenters. The van der Waals surface area contributed by atoms with Crippen molar-refractivity contribution in [2.24, 2.45) is 0 Å². The third-order valence-corrected chi connectivity index (χ3v) is 4.46. The van der Waals surface area contributed by atoms with Crippen molar-refractivity contribution < 1.29 is 4.79 Å². The van der Waals surface area contributed by atoms with E-state index in [1.807, 2.05) is 72.8 Å². The van der Waals surface area contributed by atoms with Crippen LogP contribution < -0.4 is 0 Å². The smallest absolute Gasteiger partial charge is 0.212 e. The molecule has 0 fully saturated rings. The highest BCUT2D eigenvalue weighted by Gasteiger charge is 2.16. The van der Waals surface area contributed by atoms with E-state index in [1.165, 1.54) is 0 Å². The molecule has 3 heteroatoms. The number of ketones is 1. The number of nitrogens with zero attached hydrogens (tertiary/aromatic N) is 1. The molecule has 0 aliphatic heterocycles. The summed E-state index contributed by atoms with van der Waals surface area (Å²) < 4.78 is 0.949. The summed E-state index contributed by atoms with van der Waals surface area (Å²) in [5.41, 5.74) is 1.98. The van der Waals surface area contributed by atoms with Crippen LogP contribution in [0.1, 0.15) is 16.1 Å². The van der Waals surface area contributed by atoms with Gasteiger partial charge in [0.15, 0.2) is 0 Å². The van der Waals surface area contributed by atoms with Gasteiger partial charge in [-0.2, -0.15) is 0 Å². The van der Waals surface area contributed by atoms with Gasteiger partial charge in [0.25, 0.3) is 0 Å². The molecule has 0 saturated carbocycles. The first-order valence-corrected chi connectivity index (χ1v) is 8.11. The van der Waals surface area contributed by atoms with Gasteiger partial charge in [-0.25, -0.2) is 4.98 Å². The van der Waals surface area contributed by atoms with E-state index in [-0.39, 0.29) is 5.78 Å². The molecule has 4 aromatic rings. The van der Waals surface area contributed by atoms with Crippen LogP contribution in [-0.2, 0) is 0 Å². The number of fused-ring (bicyclic) bond motifs is 3. The maximum atomic E-state index is 12.9. The van der Waals surface area contributed by atoms with Gasteiger partial charge in [-0.15, -0.1) is 0 Å². The molecule has 0 spiro atoms. The summed E-state index contributed by atoms with van der Waals surface area (Å²) in [7, 11) is 0. The molecule has 2 nitrogen and oxygen atoms in total. The number of carbonyl (C=O) groups excluding carboxylic acids is 1. The number of carbonyl (C=O) groups is 1. The Balaban J connectivity index is 2.01. The quantitative estimate of drug-likeness (QED) is 0.354. The molecule has 1 aromatic heterocycles. The Morgan fingerprint density at radius 2 is 1.35 bits per heavy atom. The van der Waals surface area contributed by atoms with E-state index in [2.05, 4.69) is 20.9 Å². The second kappa shape index (κ2) is 5.60. The average molecular weight is 362 g/mol. The van der Waals surface area contributed by atoms with E-state index < -0.39 is 0 Å². The third-order valence-electron chi connectivity index (χ3n) is 3.93. The highest BCUT2D eigenvalue weighted by molar-refractivity contribution is 9.10. The van der Waals surface area contributed by atoms with Crippen LogP contribution in [0.15, 0.2) is 77.3 Å².